The smallest absolute Gasteiger partial charge is 0.157 e. The van der Waals surface area contributed by atoms with Crippen molar-refractivity contribution in [1.29, 1.82) is 0 Å². The molecule has 1 fully saturated rings. The average Bonchev–Trinajstić information content (AvgIpc) is 3.09. The molecular weight excluding hydrogens is 212 g/mol. The van der Waals surface area contributed by atoms with Crippen LogP contribution in [-0.2, 0) is 11.2 Å². The van der Waals surface area contributed by atoms with Crippen molar-refractivity contribution in [3.8, 4) is 0 Å². The maximum Gasteiger partial charge on any atom is 0.157 e. The fourth-order valence-corrected chi connectivity index (χ4v) is 2.07. The van der Waals surface area contributed by atoms with Gasteiger partial charge in [0.05, 0.1) is 11.1 Å². The van der Waals surface area contributed by atoms with Crippen molar-refractivity contribution in [2.45, 2.75) is 24.8 Å². The summed E-state index contributed by atoms with van der Waals surface area (Å²) in [6.45, 7) is 0. The third kappa shape index (κ3) is 1.83. The predicted octanol–water partition coefficient (Wildman–Crippen LogP) is 1.84. The monoisotopic (exact) mass is 226 g/mol. The third-order valence-electron chi connectivity index (χ3n) is 3.43. The van der Waals surface area contributed by atoms with Crippen LogP contribution in [0.2, 0.25) is 0 Å². The molecule has 3 heteroatoms. The van der Waals surface area contributed by atoms with Crippen LogP contribution in [0, 0.1) is 0 Å². The molecule has 3 nitrogen and oxygen atoms in total. The second-order valence-corrected chi connectivity index (χ2v) is 4.74. The quantitative estimate of drug-likeness (QED) is 0.868. The molecule has 1 aliphatic rings. The van der Waals surface area contributed by atoms with Gasteiger partial charge in [0.2, 0.25) is 0 Å². The van der Waals surface area contributed by atoms with E-state index >= 15 is 0 Å². The number of carbonyl (C=O) groups excluding carboxylic acids is 1. The van der Waals surface area contributed by atoms with Crippen molar-refractivity contribution < 1.29 is 4.79 Å². The highest BCUT2D eigenvalue weighted by atomic mass is 16.1. The van der Waals surface area contributed by atoms with Gasteiger partial charge in [-0.2, -0.15) is 0 Å². The van der Waals surface area contributed by atoms with E-state index in [1.807, 2.05) is 30.3 Å². The summed E-state index contributed by atoms with van der Waals surface area (Å²) in [5, 5.41) is 1.05. The summed E-state index contributed by atoms with van der Waals surface area (Å²) >= 11 is 0. The summed E-state index contributed by atoms with van der Waals surface area (Å²) in [5.74, 6) is 0.147. The molecule has 1 aromatic carbocycles. The first-order valence-corrected chi connectivity index (χ1v) is 5.84. The van der Waals surface area contributed by atoms with E-state index in [-0.39, 0.29) is 5.78 Å². The van der Waals surface area contributed by atoms with Gasteiger partial charge in [-0.05, 0) is 30.5 Å². The molecule has 0 atom stereocenters. The van der Waals surface area contributed by atoms with Crippen LogP contribution >= 0.6 is 0 Å². The van der Waals surface area contributed by atoms with Gasteiger partial charge >= 0.3 is 0 Å². The Hall–Kier alpha value is -1.74. The van der Waals surface area contributed by atoms with Gasteiger partial charge < -0.3 is 5.73 Å². The van der Waals surface area contributed by atoms with Gasteiger partial charge in [-0.15, -0.1) is 0 Å². The number of rotatable bonds is 3. The van der Waals surface area contributed by atoms with Gasteiger partial charge in [0.15, 0.2) is 5.78 Å². The van der Waals surface area contributed by atoms with E-state index in [2.05, 4.69) is 4.98 Å². The van der Waals surface area contributed by atoms with E-state index in [0.29, 0.717) is 6.42 Å². The topological polar surface area (TPSA) is 56.0 Å². The highest BCUT2D eigenvalue weighted by Crippen LogP contribution is 2.34. The number of Topliss-reactive ketones (excluding diaryl/α,β-unsaturated/α-hetero) is 1. The minimum Gasteiger partial charge on any atom is -0.319 e. The summed E-state index contributed by atoms with van der Waals surface area (Å²) in [6.07, 6.45) is 3.82. The van der Waals surface area contributed by atoms with E-state index in [9.17, 15) is 4.79 Å². The van der Waals surface area contributed by atoms with E-state index in [0.717, 1.165) is 29.3 Å². The van der Waals surface area contributed by atoms with Gasteiger partial charge in [-0.3, -0.25) is 9.78 Å². The minimum absolute atomic E-state index is 0.147. The molecule has 1 saturated carbocycles. The van der Waals surface area contributed by atoms with Crippen LogP contribution in [0.5, 0.6) is 0 Å². The molecule has 0 saturated heterocycles. The lowest BCUT2D eigenvalue weighted by molar-refractivity contribution is -0.120. The molecule has 2 N–H and O–H groups in total. The van der Waals surface area contributed by atoms with E-state index in [1.54, 1.807) is 6.20 Å². The number of hydrogen-bond donors (Lipinski definition) is 1. The molecule has 0 spiro atoms. The molecule has 17 heavy (non-hydrogen) atoms. The van der Waals surface area contributed by atoms with Gasteiger partial charge in [0, 0.05) is 18.0 Å². The molecule has 3 rings (SSSR count). The van der Waals surface area contributed by atoms with Crippen molar-refractivity contribution in [3.63, 3.8) is 0 Å². The number of pyridine rings is 1. The number of benzene rings is 1. The van der Waals surface area contributed by atoms with Gasteiger partial charge in [-0.25, -0.2) is 0 Å². The van der Waals surface area contributed by atoms with E-state index in [4.69, 9.17) is 5.73 Å². The van der Waals surface area contributed by atoms with Crippen molar-refractivity contribution in [2.75, 3.05) is 0 Å². The van der Waals surface area contributed by atoms with Crippen molar-refractivity contribution in [1.82, 2.24) is 4.98 Å². The first-order chi connectivity index (χ1) is 8.19. The fourth-order valence-electron chi connectivity index (χ4n) is 2.07. The molecular formula is C14H14N2O. The normalized spacial score (nSPS) is 17.0. The maximum atomic E-state index is 12.0. The Kier molecular flexibility index (Phi) is 2.23. The van der Waals surface area contributed by atoms with Crippen LogP contribution in [0.1, 0.15) is 18.4 Å². The zero-order chi connectivity index (χ0) is 11.9. The number of nitrogens with zero attached hydrogens (tertiary/aromatic N) is 1. The molecule has 0 amide bonds. The first-order valence-electron chi connectivity index (χ1n) is 5.84. The molecule has 0 bridgehead atoms. The summed E-state index contributed by atoms with van der Waals surface area (Å²) in [7, 11) is 0. The van der Waals surface area contributed by atoms with Crippen LogP contribution in [0.4, 0.5) is 0 Å². The zero-order valence-corrected chi connectivity index (χ0v) is 9.52. The summed E-state index contributed by atoms with van der Waals surface area (Å²) in [4.78, 5) is 16.3. The largest absolute Gasteiger partial charge is 0.319 e. The lowest BCUT2D eigenvalue weighted by Gasteiger charge is -2.09. The number of fused-ring (bicyclic) bond motifs is 1. The van der Waals surface area contributed by atoms with Crippen LogP contribution in [0.15, 0.2) is 36.5 Å². The summed E-state index contributed by atoms with van der Waals surface area (Å²) < 4.78 is 0. The van der Waals surface area contributed by atoms with Gasteiger partial charge in [0.1, 0.15) is 0 Å². The van der Waals surface area contributed by atoms with Crippen LogP contribution in [-0.4, -0.2) is 16.3 Å². The summed E-state index contributed by atoms with van der Waals surface area (Å²) in [5.41, 5.74) is 7.34. The molecule has 0 radical (unpaired) electrons. The number of para-hydroxylation sites is 1. The molecule has 0 unspecified atom stereocenters. The van der Waals surface area contributed by atoms with Crippen LogP contribution in [0.3, 0.4) is 0 Å². The highest BCUT2D eigenvalue weighted by molar-refractivity contribution is 5.95. The van der Waals surface area contributed by atoms with Crippen LogP contribution < -0.4 is 5.73 Å². The Morgan fingerprint density at radius 1 is 1.29 bits per heavy atom. The Morgan fingerprint density at radius 2 is 2.06 bits per heavy atom. The highest BCUT2D eigenvalue weighted by Gasteiger charge is 2.45. The predicted molar refractivity (Wildman–Crippen MR) is 66.6 cm³/mol. The lowest BCUT2D eigenvalue weighted by Crippen LogP contribution is -2.34. The molecule has 1 heterocycles. The lowest BCUT2D eigenvalue weighted by atomic mass is 10.00. The number of carbonyl (C=O) groups is 1. The van der Waals surface area contributed by atoms with Gasteiger partial charge in [-0.1, -0.05) is 18.2 Å². The zero-order valence-electron chi connectivity index (χ0n) is 9.52. The fraction of sp³-hybridized carbons (Fsp3) is 0.286. The molecule has 1 aromatic heterocycles. The average molecular weight is 226 g/mol. The van der Waals surface area contributed by atoms with E-state index in [1.165, 1.54) is 0 Å². The third-order valence-corrected chi connectivity index (χ3v) is 3.43. The van der Waals surface area contributed by atoms with Crippen LogP contribution in [0.25, 0.3) is 10.9 Å². The Balaban J connectivity index is 1.97. The molecule has 1 aliphatic carbocycles. The molecule has 2 aromatic rings. The number of aromatic nitrogens is 1. The number of nitrogens with two attached hydrogens (primary N) is 1. The number of hydrogen-bond acceptors (Lipinski definition) is 3. The first kappa shape index (κ1) is 10.4. The second-order valence-electron chi connectivity index (χ2n) is 4.74. The Morgan fingerprint density at radius 3 is 2.82 bits per heavy atom. The molecule has 86 valence electrons. The maximum absolute atomic E-state index is 12.0. The van der Waals surface area contributed by atoms with Crippen molar-refractivity contribution in [3.05, 3.63) is 42.1 Å². The summed E-state index contributed by atoms with van der Waals surface area (Å²) in [6, 6.07) is 9.78. The second kappa shape index (κ2) is 3.64. The SMILES string of the molecule is NC1(C(=O)Cc2ccnc3ccccc23)CC1. The molecule has 0 aliphatic heterocycles. The van der Waals surface area contributed by atoms with Crippen molar-refractivity contribution in [2.24, 2.45) is 5.73 Å². The van der Waals surface area contributed by atoms with Crippen molar-refractivity contribution >= 4 is 16.7 Å². The van der Waals surface area contributed by atoms with Gasteiger partial charge in [0.25, 0.3) is 0 Å². The minimum atomic E-state index is -0.537. The standard InChI is InChI=1S/C14H14N2O/c15-14(6-7-14)13(17)9-10-5-8-16-12-4-2-1-3-11(10)12/h1-5,8H,6-7,9,15H2. The van der Waals surface area contributed by atoms with E-state index < -0.39 is 5.54 Å². The number of ketones is 1. The Labute approximate surface area is 99.7 Å². The Bertz CT molecular complexity index is 582.